The monoisotopic (exact) mass is 382 g/mol. The zero-order chi connectivity index (χ0) is 20.4. The smallest absolute Gasteiger partial charge is 0.399 e. The zero-order valence-electron chi connectivity index (χ0n) is 17.8. The van der Waals surface area contributed by atoms with Crippen LogP contribution in [-0.2, 0) is 14.7 Å². The van der Waals surface area contributed by atoms with E-state index in [0.717, 1.165) is 5.46 Å². The van der Waals surface area contributed by atoms with E-state index in [2.05, 4.69) is 107 Å². The first-order valence-corrected chi connectivity index (χ1v) is 10.4. The lowest BCUT2D eigenvalue weighted by Crippen LogP contribution is -2.41. The molecule has 0 radical (unpaired) electrons. The van der Waals surface area contributed by atoms with Gasteiger partial charge in [-0.3, -0.25) is 0 Å². The summed E-state index contributed by atoms with van der Waals surface area (Å²) in [7, 11) is -0.374. The van der Waals surface area contributed by atoms with E-state index < -0.39 is 0 Å². The Morgan fingerprint density at radius 3 is 1.90 bits per heavy atom. The van der Waals surface area contributed by atoms with Gasteiger partial charge in [0.15, 0.2) is 0 Å². The lowest BCUT2D eigenvalue weighted by molar-refractivity contribution is 0.00578. The Labute approximate surface area is 174 Å². The van der Waals surface area contributed by atoms with E-state index in [4.69, 9.17) is 9.31 Å². The molecule has 0 saturated carbocycles. The average molecular weight is 382 g/mol. The standard InChI is InChI=1S/C26H27BO2/c1-24(2)25(3,4)29-27(28-24)22-17-11-16-21-23(22)19-14-9-10-15-20(19)26(21,5)18-12-7-6-8-13-18/h6-17H,1-5H3/t26-/m1/s1. The Hall–Kier alpha value is -2.36. The van der Waals surface area contributed by atoms with Crippen molar-refractivity contribution in [2.45, 2.75) is 51.2 Å². The van der Waals surface area contributed by atoms with Gasteiger partial charge in [0.2, 0.25) is 0 Å². The van der Waals surface area contributed by atoms with Crippen molar-refractivity contribution in [1.29, 1.82) is 0 Å². The van der Waals surface area contributed by atoms with Crippen LogP contribution in [0, 0.1) is 0 Å². The van der Waals surface area contributed by atoms with E-state index in [1.165, 1.54) is 27.8 Å². The van der Waals surface area contributed by atoms with E-state index in [0.29, 0.717) is 0 Å². The van der Waals surface area contributed by atoms with E-state index in [9.17, 15) is 0 Å². The molecule has 0 N–H and O–H groups in total. The maximum absolute atomic E-state index is 6.44. The van der Waals surface area contributed by atoms with Crippen molar-refractivity contribution >= 4 is 12.6 Å². The van der Waals surface area contributed by atoms with Gasteiger partial charge in [0.1, 0.15) is 0 Å². The van der Waals surface area contributed by atoms with Crippen LogP contribution in [0.15, 0.2) is 72.8 Å². The molecular formula is C26H27BO2. The van der Waals surface area contributed by atoms with Crippen LogP contribution in [0.3, 0.4) is 0 Å². The molecule has 1 saturated heterocycles. The molecule has 146 valence electrons. The first-order chi connectivity index (χ1) is 13.8. The second kappa shape index (κ2) is 6.07. The Morgan fingerprint density at radius 1 is 0.621 bits per heavy atom. The highest BCUT2D eigenvalue weighted by Crippen LogP contribution is 2.52. The van der Waals surface area contributed by atoms with Crippen LogP contribution in [0.5, 0.6) is 0 Å². The molecule has 5 rings (SSSR count). The first kappa shape index (κ1) is 18.7. The fourth-order valence-electron chi connectivity index (χ4n) is 4.82. The largest absolute Gasteiger partial charge is 0.495 e. The fraction of sp³-hybridized carbons (Fsp3) is 0.308. The van der Waals surface area contributed by atoms with Gasteiger partial charge >= 0.3 is 7.12 Å². The maximum atomic E-state index is 6.44. The second-order valence-corrected chi connectivity index (χ2v) is 9.39. The summed E-state index contributed by atoms with van der Waals surface area (Å²) >= 11 is 0. The van der Waals surface area contributed by atoms with Gasteiger partial charge in [-0.2, -0.15) is 0 Å². The highest BCUT2D eigenvalue weighted by Gasteiger charge is 2.53. The summed E-state index contributed by atoms with van der Waals surface area (Å²) in [5.41, 5.74) is 6.69. The van der Waals surface area contributed by atoms with Crippen LogP contribution in [0.1, 0.15) is 51.3 Å². The molecule has 0 aromatic heterocycles. The molecule has 3 aromatic carbocycles. The molecule has 1 aliphatic carbocycles. The summed E-state index contributed by atoms with van der Waals surface area (Å²) in [4.78, 5) is 0. The predicted molar refractivity (Wildman–Crippen MR) is 120 cm³/mol. The number of benzene rings is 3. The van der Waals surface area contributed by atoms with Crippen LogP contribution in [-0.4, -0.2) is 18.3 Å². The maximum Gasteiger partial charge on any atom is 0.495 e. The van der Waals surface area contributed by atoms with Crippen LogP contribution in [0.25, 0.3) is 11.1 Å². The molecule has 2 nitrogen and oxygen atoms in total. The summed E-state index contributed by atoms with van der Waals surface area (Å²) in [5, 5.41) is 0. The fourth-order valence-corrected chi connectivity index (χ4v) is 4.82. The minimum atomic E-state index is -0.374. The topological polar surface area (TPSA) is 18.5 Å². The van der Waals surface area contributed by atoms with Gasteiger partial charge in [-0.25, -0.2) is 0 Å². The molecule has 0 amide bonds. The minimum absolute atomic E-state index is 0.202. The first-order valence-electron chi connectivity index (χ1n) is 10.4. The highest BCUT2D eigenvalue weighted by molar-refractivity contribution is 6.64. The molecule has 0 spiro atoms. The van der Waals surface area contributed by atoms with E-state index in [1.807, 2.05) is 0 Å². The third-order valence-electron chi connectivity index (χ3n) is 7.23. The Kier molecular flexibility index (Phi) is 3.91. The molecule has 2 aliphatic rings. The SMILES string of the molecule is CC1(C)OB(c2cccc3c2-c2ccccc2[C@@]3(C)c2ccccc2)OC1(C)C. The van der Waals surface area contributed by atoms with Gasteiger partial charge in [-0.05, 0) is 67.9 Å². The van der Waals surface area contributed by atoms with Crippen molar-refractivity contribution < 1.29 is 9.31 Å². The molecule has 1 heterocycles. The molecule has 1 atom stereocenters. The highest BCUT2D eigenvalue weighted by atomic mass is 16.7. The van der Waals surface area contributed by atoms with Gasteiger partial charge in [0, 0.05) is 5.41 Å². The zero-order valence-corrected chi connectivity index (χ0v) is 17.8. The summed E-state index contributed by atoms with van der Waals surface area (Å²) in [5.74, 6) is 0. The lowest BCUT2D eigenvalue weighted by atomic mass is 9.71. The summed E-state index contributed by atoms with van der Waals surface area (Å²) in [6.07, 6.45) is 0. The number of hydrogen-bond acceptors (Lipinski definition) is 2. The van der Waals surface area contributed by atoms with Gasteiger partial charge in [-0.15, -0.1) is 0 Å². The summed E-state index contributed by atoms with van der Waals surface area (Å²) in [6.45, 7) is 10.8. The minimum Gasteiger partial charge on any atom is -0.399 e. The molecule has 29 heavy (non-hydrogen) atoms. The van der Waals surface area contributed by atoms with Crippen LogP contribution >= 0.6 is 0 Å². The van der Waals surface area contributed by atoms with Crippen LogP contribution in [0.2, 0.25) is 0 Å². The molecule has 1 aliphatic heterocycles. The third kappa shape index (κ3) is 2.51. The van der Waals surface area contributed by atoms with E-state index in [-0.39, 0.29) is 23.7 Å². The normalized spacial score (nSPS) is 23.7. The Balaban J connectivity index is 1.75. The molecule has 0 unspecified atom stereocenters. The van der Waals surface area contributed by atoms with Gasteiger partial charge in [-0.1, -0.05) is 72.8 Å². The van der Waals surface area contributed by atoms with Crippen LogP contribution in [0.4, 0.5) is 0 Å². The quantitative estimate of drug-likeness (QED) is 0.559. The molecule has 1 fully saturated rings. The van der Waals surface area contributed by atoms with E-state index >= 15 is 0 Å². The summed E-state index contributed by atoms with van der Waals surface area (Å²) in [6, 6.07) is 26.1. The predicted octanol–water partition coefficient (Wildman–Crippen LogP) is 5.32. The van der Waals surface area contributed by atoms with Crippen molar-refractivity contribution in [1.82, 2.24) is 0 Å². The Morgan fingerprint density at radius 2 is 1.21 bits per heavy atom. The van der Waals surface area contributed by atoms with Crippen molar-refractivity contribution in [3.8, 4) is 11.1 Å². The van der Waals surface area contributed by atoms with Gasteiger partial charge < -0.3 is 9.31 Å². The van der Waals surface area contributed by atoms with Crippen LogP contribution < -0.4 is 5.46 Å². The van der Waals surface area contributed by atoms with E-state index in [1.54, 1.807) is 0 Å². The van der Waals surface area contributed by atoms with Gasteiger partial charge in [0.05, 0.1) is 11.2 Å². The molecule has 0 bridgehead atoms. The molecular weight excluding hydrogens is 355 g/mol. The van der Waals surface area contributed by atoms with Crippen molar-refractivity contribution in [3.63, 3.8) is 0 Å². The Bertz CT molecular complexity index is 1070. The number of hydrogen-bond donors (Lipinski definition) is 0. The number of fused-ring (bicyclic) bond motifs is 3. The van der Waals surface area contributed by atoms with Crippen molar-refractivity contribution in [2.75, 3.05) is 0 Å². The summed E-state index contributed by atoms with van der Waals surface area (Å²) < 4.78 is 12.9. The van der Waals surface area contributed by atoms with Crippen molar-refractivity contribution in [3.05, 3.63) is 89.5 Å². The number of rotatable bonds is 2. The lowest BCUT2D eigenvalue weighted by Gasteiger charge is -2.32. The average Bonchev–Trinajstić information content (AvgIpc) is 3.11. The van der Waals surface area contributed by atoms with Crippen molar-refractivity contribution in [2.24, 2.45) is 0 Å². The third-order valence-corrected chi connectivity index (χ3v) is 7.23. The molecule has 3 aromatic rings. The van der Waals surface area contributed by atoms with Gasteiger partial charge in [0.25, 0.3) is 0 Å². The second-order valence-electron chi connectivity index (χ2n) is 9.39. The molecule has 3 heteroatoms.